The molecule has 1 saturated carbocycles. The SMILES string of the molecule is C1=C(c2ccccc2)C2=C(CCc3ccccc32)C2CCCC12N1CCCC1. The van der Waals surface area contributed by atoms with Crippen molar-refractivity contribution in [2.75, 3.05) is 13.1 Å². The Kier molecular flexibility index (Phi) is 3.87. The summed E-state index contributed by atoms with van der Waals surface area (Å²) in [7, 11) is 0. The largest absolute Gasteiger partial charge is 0.294 e. The second-order valence-electron chi connectivity index (χ2n) is 9.11. The Bertz CT molecular complexity index is 961. The van der Waals surface area contributed by atoms with Crippen LogP contribution >= 0.6 is 0 Å². The molecule has 0 amide bonds. The summed E-state index contributed by atoms with van der Waals surface area (Å²) in [6.07, 6.45) is 12.0. The molecule has 2 aromatic carbocycles. The van der Waals surface area contributed by atoms with E-state index in [1.165, 1.54) is 80.3 Å². The van der Waals surface area contributed by atoms with Gasteiger partial charge < -0.3 is 0 Å². The van der Waals surface area contributed by atoms with Crippen LogP contribution in [-0.2, 0) is 6.42 Å². The minimum atomic E-state index is 0.271. The Hall–Kier alpha value is -2.12. The van der Waals surface area contributed by atoms with Gasteiger partial charge in [0, 0.05) is 11.5 Å². The molecule has 0 bridgehead atoms. The van der Waals surface area contributed by atoms with Crippen molar-refractivity contribution in [1.29, 1.82) is 0 Å². The van der Waals surface area contributed by atoms with E-state index in [-0.39, 0.29) is 5.54 Å². The van der Waals surface area contributed by atoms with Crippen molar-refractivity contribution in [3.8, 4) is 0 Å². The van der Waals surface area contributed by atoms with Crippen LogP contribution in [0.3, 0.4) is 0 Å². The predicted molar refractivity (Wildman–Crippen MR) is 117 cm³/mol. The molecule has 1 saturated heterocycles. The minimum absolute atomic E-state index is 0.271. The van der Waals surface area contributed by atoms with Gasteiger partial charge in [-0.25, -0.2) is 0 Å². The molecule has 2 unspecified atom stereocenters. The molecule has 0 radical (unpaired) electrons. The zero-order chi connectivity index (χ0) is 18.6. The topological polar surface area (TPSA) is 3.24 Å². The van der Waals surface area contributed by atoms with E-state index < -0.39 is 0 Å². The zero-order valence-electron chi connectivity index (χ0n) is 16.7. The van der Waals surface area contributed by atoms with E-state index in [0.717, 1.165) is 5.92 Å². The fraction of sp³-hybridized carbons (Fsp3) is 0.407. The van der Waals surface area contributed by atoms with Gasteiger partial charge in [0.1, 0.15) is 0 Å². The molecule has 1 heterocycles. The summed E-state index contributed by atoms with van der Waals surface area (Å²) in [4.78, 5) is 2.86. The molecule has 0 aromatic heterocycles. The van der Waals surface area contributed by atoms with Crippen LogP contribution in [0.15, 0.2) is 66.2 Å². The quantitative estimate of drug-likeness (QED) is 0.618. The first-order valence-corrected chi connectivity index (χ1v) is 11.2. The van der Waals surface area contributed by atoms with Crippen LogP contribution in [0.4, 0.5) is 0 Å². The fourth-order valence-corrected chi connectivity index (χ4v) is 6.65. The fourth-order valence-electron chi connectivity index (χ4n) is 6.65. The summed E-state index contributed by atoms with van der Waals surface area (Å²) in [5.74, 6) is 0.724. The third kappa shape index (κ3) is 2.35. The van der Waals surface area contributed by atoms with Gasteiger partial charge in [0.05, 0.1) is 0 Å². The Morgan fingerprint density at radius 2 is 1.61 bits per heavy atom. The van der Waals surface area contributed by atoms with Crippen LogP contribution in [-0.4, -0.2) is 23.5 Å². The van der Waals surface area contributed by atoms with Gasteiger partial charge in [0.25, 0.3) is 0 Å². The maximum Gasteiger partial charge on any atom is 0.0466 e. The van der Waals surface area contributed by atoms with E-state index in [1.54, 1.807) is 11.1 Å². The average Bonchev–Trinajstić information content (AvgIpc) is 3.44. The molecule has 1 nitrogen and oxygen atoms in total. The monoisotopic (exact) mass is 367 g/mol. The second kappa shape index (κ2) is 6.46. The molecule has 2 fully saturated rings. The van der Waals surface area contributed by atoms with Crippen LogP contribution in [0, 0.1) is 5.92 Å². The van der Waals surface area contributed by atoms with Gasteiger partial charge in [-0.1, -0.05) is 72.7 Å². The van der Waals surface area contributed by atoms with E-state index in [9.17, 15) is 0 Å². The van der Waals surface area contributed by atoms with Crippen LogP contribution < -0.4 is 0 Å². The van der Waals surface area contributed by atoms with Gasteiger partial charge in [-0.15, -0.1) is 0 Å². The summed E-state index contributed by atoms with van der Waals surface area (Å²) in [5.41, 5.74) is 9.56. The molecule has 1 aliphatic heterocycles. The lowest BCUT2D eigenvalue weighted by atomic mass is 9.65. The third-order valence-corrected chi connectivity index (χ3v) is 7.81. The summed E-state index contributed by atoms with van der Waals surface area (Å²) in [6, 6.07) is 20.4. The van der Waals surface area contributed by atoms with E-state index in [1.807, 2.05) is 0 Å². The van der Waals surface area contributed by atoms with Crippen molar-refractivity contribution in [3.05, 3.63) is 82.9 Å². The first-order chi connectivity index (χ1) is 13.9. The number of benzene rings is 2. The molecule has 6 rings (SSSR count). The van der Waals surface area contributed by atoms with Crippen LogP contribution in [0.25, 0.3) is 11.1 Å². The molecule has 3 aliphatic carbocycles. The standard InChI is InChI=1S/C27H29N/c1-2-9-20(10-3-1)24-19-27(28-17-6-7-18-28)16-8-13-25(27)23-15-14-21-11-4-5-12-22(21)26(23)24/h1-5,9-12,19,25H,6-8,13-18H2. The molecule has 1 heteroatoms. The second-order valence-corrected chi connectivity index (χ2v) is 9.11. The number of aryl methyl sites for hydroxylation is 1. The number of likely N-dealkylation sites (tertiary alicyclic amines) is 1. The molecule has 28 heavy (non-hydrogen) atoms. The molecule has 142 valence electrons. The highest BCUT2D eigenvalue weighted by Gasteiger charge is 2.51. The van der Waals surface area contributed by atoms with Crippen LogP contribution in [0.2, 0.25) is 0 Å². The maximum atomic E-state index is 2.86. The first-order valence-electron chi connectivity index (χ1n) is 11.2. The summed E-state index contributed by atoms with van der Waals surface area (Å²) < 4.78 is 0. The van der Waals surface area contributed by atoms with Crippen molar-refractivity contribution in [3.63, 3.8) is 0 Å². The van der Waals surface area contributed by atoms with Crippen LogP contribution in [0.1, 0.15) is 55.2 Å². The molecular weight excluding hydrogens is 338 g/mol. The van der Waals surface area contributed by atoms with Gasteiger partial charge >= 0.3 is 0 Å². The molecule has 2 aromatic rings. The first kappa shape index (κ1) is 16.8. The van der Waals surface area contributed by atoms with Crippen molar-refractivity contribution >= 4 is 11.1 Å². The van der Waals surface area contributed by atoms with Crippen molar-refractivity contribution < 1.29 is 0 Å². The van der Waals surface area contributed by atoms with E-state index in [0.29, 0.717) is 0 Å². The lowest BCUT2D eigenvalue weighted by Gasteiger charge is -2.48. The van der Waals surface area contributed by atoms with Gasteiger partial charge in [0.15, 0.2) is 0 Å². The normalized spacial score (nSPS) is 29.3. The zero-order valence-corrected chi connectivity index (χ0v) is 16.7. The van der Waals surface area contributed by atoms with Gasteiger partial charge in [0.2, 0.25) is 0 Å². The van der Waals surface area contributed by atoms with E-state index >= 15 is 0 Å². The number of hydrogen-bond acceptors (Lipinski definition) is 1. The number of fused-ring (bicyclic) bond motifs is 4. The average molecular weight is 368 g/mol. The highest BCUT2D eigenvalue weighted by molar-refractivity contribution is 6.09. The van der Waals surface area contributed by atoms with E-state index in [4.69, 9.17) is 0 Å². The van der Waals surface area contributed by atoms with Crippen molar-refractivity contribution in [1.82, 2.24) is 4.90 Å². The highest BCUT2D eigenvalue weighted by Crippen LogP contribution is 2.57. The number of hydrogen-bond donors (Lipinski definition) is 0. The Morgan fingerprint density at radius 3 is 2.46 bits per heavy atom. The summed E-state index contributed by atoms with van der Waals surface area (Å²) in [6.45, 7) is 2.57. The Balaban J connectivity index is 1.60. The Morgan fingerprint density at radius 1 is 0.821 bits per heavy atom. The van der Waals surface area contributed by atoms with Crippen LogP contribution in [0.5, 0.6) is 0 Å². The van der Waals surface area contributed by atoms with Gasteiger partial charge in [-0.05, 0) is 79.5 Å². The molecule has 0 spiro atoms. The Labute approximate surface area is 168 Å². The van der Waals surface area contributed by atoms with Crippen molar-refractivity contribution in [2.45, 2.75) is 50.5 Å². The molecule has 2 atom stereocenters. The van der Waals surface area contributed by atoms with Gasteiger partial charge in [-0.2, -0.15) is 0 Å². The molecule has 0 N–H and O–H groups in total. The van der Waals surface area contributed by atoms with E-state index in [2.05, 4.69) is 65.6 Å². The number of nitrogens with zero attached hydrogens (tertiary/aromatic N) is 1. The number of allylic oxidation sites excluding steroid dienone is 2. The predicted octanol–water partition coefficient (Wildman–Crippen LogP) is 6.12. The minimum Gasteiger partial charge on any atom is -0.294 e. The third-order valence-electron chi connectivity index (χ3n) is 7.81. The lowest BCUT2D eigenvalue weighted by molar-refractivity contribution is 0.135. The number of rotatable bonds is 2. The molecule has 4 aliphatic rings. The van der Waals surface area contributed by atoms with Crippen molar-refractivity contribution in [2.24, 2.45) is 5.92 Å². The highest BCUT2D eigenvalue weighted by atomic mass is 15.2. The maximum absolute atomic E-state index is 2.86. The summed E-state index contributed by atoms with van der Waals surface area (Å²) in [5, 5.41) is 0. The smallest absolute Gasteiger partial charge is 0.0466 e. The summed E-state index contributed by atoms with van der Waals surface area (Å²) >= 11 is 0. The lowest BCUT2D eigenvalue weighted by Crippen LogP contribution is -2.50. The van der Waals surface area contributed by atoms with Gasteiger partial charge in [-0.3, -0.25) is 4.90 Å². The molecular formula is C27H29N.